The summed E-state index contributed by atoms with van der Waals surface area (Å²) in [6.45, 7) is -0.488. The largest absolute Gasteiger partial charge is 0.467 e. The van der Waals surface area contributed by atoms with E-state index in [1.54, 1.807) is 30.3 Å². The number of hydrogen-bond donors (Lipinski definition) is 1. The number of nitrogens with one attached hydrogen (secondary N) is 1. The summed E-state index contributed by atoms with van der Waals surface area (Å²) in [5, 5.41) is 2.95. The Bertz CT molecular complexity index is 1120. The smallest absolute Gasteiger partial charge is 0.418 e. The third-order valence-electron chi connectivity index (χ3n) is 4.76. The first-order valence-corrected chi connectivity index (χ1v) is 10.6. The van der Waals surface area contributed by atoms with Crippen LogP contribution in [0.3, 0.4) is 0 Å². The summed E-state index contributed by atoms with van der Waals surface area (Å²) in [6, 6.07) is 13.0. The van der Waals surface area contributed by atoms with E-state index in [1.165, 1.54) is 23.3 Å². The van der Waals surface area contributed by atoms with Crippen LogP contribution in [0.1, 0.15) is 23.3 Å². The van der Waals surface area contributed by atoms with Gasteiger partial charge in [-0.1, -0.05) is 47.5 Å². The number of anilines is 1. The van der Waals surface area contributed by atoms with E-state index in [0.717, 1.165) is 12.1 Å². The molecule has 3 aromatic rings. The molecule has 0 aliphatic rings. The fraction of sp³-hybridized carbons (Fsp3) is 0.217. The highest BCUT2D eigenvalue weighted by Gasteiger charge is 2.33. The second-order valence-corrected chi connectivity index (χ2v) is 7.92. The molecule has 0 bridgehead atoms. The van der Waals surface area contributed by atoms with Crippen molar-refractivity contribution in [3.8, 4) is 0 Å². The van der Waals surface area contributed by atoms with E-state index in [2.05, 4.69) is 5.32 Å². The normalized spacial score (nSPS) is 11.3. The van der Waals surface area contributed by atoms with Crippen LogP contribution in [0.15, 0.2) is 65.3 Å². The Balaban J connectivity index is 1.72. The number of halogens is 5. The van der Waals surface area contributed by atoms with Gasteiger partial charge in [-0.25, -0.2) is 0 Å². The van der Waals surface area contributed by atoms with Crippen molar-refractivity contribution in [1.29, 1.82) is 0 Å². The second-order valence-electron chi connectivity index (χ2n) is 7.13. The maximum Gasteiger partial charge on any atom is 0.418 e. The van der Waals surface area contributed by atoms with E-state index in [0.29, 0.717) is 21.4 Å². The molecule has 1 aromatic heterocycles. The summed E-state index contributed by atoms with van der Waals surface area (Å²) in [5.74, 6) is -0.748. The average molecular weight is 499 g/mol. The Hall–Kier alpha value is -2.97. The molecule has 0 fully saturated rings. The van der Waals surface area contributed by atoms with Gasteiger partial charge in [-0.3, -0.25) is 9.59 Å². The number of furan rings is 1. The zero-order valence-electron chi connectivity index (χ0n) is 17.2. The predicted molar refractivity (Wildman–Crippen MR) is 119 cm³/mol. The zero-order valence-corrected chi connectivity index (χ0v) is 18.7. The van der Waals surface area contributed by atoms with Gasteiger partial charge in [0.2, 0.25) is 11.8 Å². The van der Waals surface area contributed by atoms with Crippen molar-refractivity contribution in [2.75, 3.05) is 11.9 Å². The van der Waals surface area contributed by atoms with Gasteiger partial charge in [0.25, 0.3) is 0 Å². The maximum atomic E-state index is 13.2. The van der Waals surface area contributed by atoms with Gasteiger partial charge in [-0.2, -0.15) is 13.2 Å². The van der Waals surface area contributed by atoms with Crippen LogP contribution in [0, 0.1) is 0 Å². The minimum Gasteiger partial charge on any atom is -0.467 e. The lowest BCUT2D eigenvalue weighted by Gasteiger charge is -2.22. The molecule has 0 radical (unpaired) electrons. The number of alkyl halides is 3. The summed E-state index contributed by atoms with van der Waals surface area (Å²) >= 11 is 12.2. The molecule has 1 heterocycles. The Morgan fingerprint density at radius 1 is 1.00 bits per heavy atom. The topological polar surface area (TPSA) is 62.6 Å². The van der Waals surface area contributed by atoms with Crippen LogP contribution in [-0.4, -0.2) is 23.3 Å². The van der Waals surface area contributed by atoms with Crippen LogP contribution in [0.5, 0.6) is 0 Å². The van der Waals surface area contributed by atoms with Gasteiger partial charge in [0.1, 0.15) is 12.3 Å². The summed E-state index contributed by atoms with van der Waals surface area (Å²) < 4.78 is 44.9. The van der Waals surface area contributed by atoms with Crippen LogP contribution in [0.25, 0.3) is 0 Å². The molecule has 2 amide bonds. The lowest BCUT2D eigenvalue weighted by atomic mass is 10.1. The first-order valence-electron chi connectivity index (χ1n) is 9.84. The third kappa shape index (κ3) is 6.76. The van der Waals surface area contributed by atoms with Crippen LogP contribution < -0.4 is 5.32 Å². The molecule has 2 aromatic carbocycles. The highest BCUT2D eigenvalue weighted by atomic mass is 35.5. The number of aryl methyl sites for hydroxylation is 1. The fourth-order valence-electron chi connectivity index (χ4n) is 3.17. The Labute approximate surface area is 198 Å². The average Bonchev–Trinajstić information content (AvgIpc) is 3.27. The number of carbonyl (C=O) groups is 2. The number of para-hydroxylation sites is 1. The zero-order chi connectivity index (χ0) is 24.0. The van der Waals surface area contributed by atoms with E-state index < -0.39 is 30.1 Å². The molecule has 1 N–H and O–H groups in total. The fourth-order valence-corrected chi connectivity index (χ4v) is 3.58. The van der Waals surface area contributed by atoms with E-state index in [1.807, 2.05) is 0 Å². The molecule has 0 aliphatic carbocycles. The molecule has 174 valence electrons. The second kappa shape index (κ2) is 10.8. The highest BCUT2D eigenvalue weighted by Crippen LogP contribution is 2.34. The summed E-state index contributed by atoms with van der Waals surface area (Å²) in [7, 11) is 0. The van der Waals surface area contributed by atoms with Crippen molar-refractivity contribution in [3.05, 3.63) is 87.8 Å². The monoisotopic (exact) mass is 498 g/mol. The van der Waals surface area contributed by atoms with Crippen molar-refractivity contribution in [2.24, 2.45) is 0 Å². The molecular weight excluding hydrogens is 480 g/mol. The third-order valence-corrected chi connectivity index (χ3v) is 5.62. The standard InChI is InChI=1S/C23H19Cl2F3N2O3/c24-18-8-3-5-15(22(18)25)10-11-21(32)30(13-16-6-4-12-33-16)14-20(31)29-19-9-2-1-7-17(19)23(26,27)28/h1-9,12H,10-11,13-14H2,(H,29,31). The molecule has 10 heteroatoms. The molecule has 3 rings (SSSR count). The van der Waals surface area contributed by atoms with Crippen molar-refractivity contribution in [2.45, 2.75) is 25.6 Å². The number of amides is 2. The maximum absolute atomic E-state index is 13.2. The Morgan fingerprint density at radius 3 is 2.45 bits per heavy atom. The Morgan fingerprint density at radius 2 is 1.76 bits per heavy atom. The molecule has 0 aliphatic heterocycles. The lowest BCUT2D eigenvalue weighted by molar-refractivity contribution is -0.137. The van der Waals surface area contributed by atoms with Gasteiger partial charge >= 0.3 is 6.18 Å². The predicted octanol–water partition coefficient (Wildman–Crippen LogP) is 6.21. The van der Waals surface area contributed by atoms with Gasteiger partial charge in [0, 0.05) is 6.42 Å². The van der Waals surface area contributed by atoms with Gasteiger partial charge in [-0.05, 0) is 42.3 Å². The number of benzene rings is 2. The van der Waals surface area contributed by atoms with Gasteiger partial charge in [0.15, 0.2) is 0 Å². The SMILES string of the molecule is O=C(CN(Cc1ccco1)C(=O)CCc1cccc(Cl)c1Cl)Nc1ccccc1C(F)(F)F. The molecule has 33 heavy (non-hydrogen) atoms. The minimum absolute atomic E-state index is 0.00713. The van der Waals surface area contributed by atoms with Crippen LogP contribution in [0.4, 0.5) is 18.9 Å². The van der Waals surface area contributed by atoms with Crippen molar-refractivity contribution in [3.63, 3.8) is 0 Å². The van der Waals surface area contributed by atoms with Crippen molar-refractivity contribution < 1.29 is 27.2 Å². The number of nitrogens with zero attached hydrogens (tertiary/aromatic N) is 1. The highest BCUT2D eigenvalue weighted by molar-refractivity contribution is 6.42. The van der Waals surface area contributed by atoms with Crippen molar-refractivity contribution in [1.82, 2.24) is 4.90 Å². The summed E-state index contributed by atoms with van der Waals surface area (Å²) in [6.07, 6.45) is -2.94. The molecule has 0 spiro atoms. The van der Waals surface area contributed by atoms with E-state index in [-0.39, 0.29) is 25.1 Å². The quantitative estimate of drug-likeness (QED) is 0.401. The van der Waals surface area contributed by atoms with E-state index in [4.69, 9.17) is 27.6 Å². The summed E-state index contributed by atoms with van der Waals surface area (Å²) in [4.78, 5) is 26.7. The molecular formula is C23H19Cl2F3N2O3. The molecule has 0 atom stereocenters. The van der Waals surface area contributed by atoms with Gasteiger partial charge < -0.3 is 14.6 Å². The first-order chi connectivity index (χ1) is 15.6. The molecule has 5 nitrogen and oxygen atoms in total. The van der Waals surface area contributed by atoms with Gasteiger partial charge in [-0.15, -0.1) is 0 Å². The lowest BCUT2D eigenvalue weighted by Crippen LogP contribution is -2.37. The van der Waals surface area contributed by atoms with Crippen LogP contribution in [0.2, 0.25) is 10.0 Å². The number of rotatable bonds is 8. The van der Waals surface area contributed by atoms with E-state index in [9.17, 15) is 22.8 Å². The number of carbonyl (C=O) groups excluding carboxylic acids is 2. The molecule has 0 unspecified atom stereocenters. The summed E-state index contributed by atoms with van der Waals surface area (Å²) in [5.41, 5.74) is -0.692. The number of hydrogen-bond acceptors (Lipinski definition) is 3. The molecule has 0 saturated carbocycles. The van der Waals surface area contributed by atoms with Crippen LogP contribution in [-0.2, 0) is 28.7 Å². The van der Waals surface area contributed by atoms with Gasteiger partial charge in [0.05, 0.1) is 34.1 Å². The van der Waals surface area contributed by atoms with Crippen molar-refractivity contribution >= 4 is 40.7 Å². The first kappa shape index (κ1) is 24.7. The van der Waals surface area contributed by atoms with E-state index >= 15 is 0 Å². The minimum atomic E-state index is -4.64. The Kier molecular flexibility index (Phi) is 8.05. The van der Waals surface area contributed by atoms with Crippen LogP contribution >= 0.6 is 23.2 Å². The molecule has 0 saturated heterocycles.